The quantitative estimate of drug-likeness (QED) is 0.617. The van der Waals surface area contributed by atoms with Crippen LogP contribution in [0.5, 0.6) is 0 Å². The van der Waals surface area contributed by atoms with Gasteiger partial charge in [-0.05, 0) is 43.7 Å². The third-order valence-corrected chi connectivity index (χ3v) is 4.24. The zero-order valence-electron chi connectivity index (χ0n) is 14.3. The normalized spacial score (nSPS) is 18.5. The van der Waals surface area contributed by atoms with Crippen LogP contribution in [0.4, 0.5) is 4.39 Å². The van der Waals surface area contributed by atoms with Gasteiger partial charge in [-0.3, -0.25) is 9.79 Å². The van der Waals surface area contributed by atoms with E-state index < -0.39 is 0 Å². The minimum Gasteiger partial charge on any atom is -0.370 e. The molecule has 0 aromatic heterocycles. The molecule has 0 bridgehead atoms. The van der Waals surface area contributed by atoms with E-state index in [4.69, 9.17) is 5.73 Å². The fourth-order valence-corrected chi connectivity index (χ4v) is 3.12. The first-order chi connectivity index (χ1) is 11.6. The van der Waals surface area contributed by atoms with Gasteiger partial charge in [-0.1, -0.05) is 18.2 Å². The summed E-state index contributed by atoms with van der Waals surface area (Å²) in [5.41, 5.74) is 6.01. The Balaban J connectivity index is 1.97. The number of nitrogens with one attached hydrogen (secondary N) is 1. The van der Waals surface area contributed by atoms with Crippen molar-refractivity contribution >= 4 is 11.9 Å². The number of hydrogen-bond acceptors (Lipinski definition) is 2. The van der Waals surface area contributed by atoms with Gasteiger partial charge < -0.3 is 16.0 Å². The molecule has 1 aliphatic heterocycles. The highest BCUT2D eigenvalue weighted by atomic mass is 19.1. The molecule has 3 N–H and O–H groups in total. The number of carbonyl (C=O) groups is 1. The Morgan fingerprint density at radius 1 is 1.46 bits per heavy atom. The third-order valence-electron chi connectivity index (χ3n) is 4.24. The van der Waals surface area contributed by atoms with Crippen LogP contribution in [0.25, 0.3) is 0 Å². The van der Waals surface area contributed by atoms with E-state index in [0.29, 0.717) is 24.9 Å². The molecule has 5 nitrogen and oxygen atoms in total. The minimum atomic E-state index is -0.247. The second-order valence-corrected chi connectivity index (χ2v) is 6.20. The molecule has 0 aliphatic carbocycles. The largest absolute Gasteiger partial charge is 0.370 e. The first-order valence-electron chi connectivity index (χ1n) is 8.65. The summed E-state index contributed by atoms with van der Waals surface area (Å²) in [6.07, 6.45) is 3.04. The van der Waals surface area contributed by atoms with E-state index in [2.05, 4.69) is 15.2 Å². The third kappa shape index (κ3) is 5.51. The van der Waals surface area contributed by atoms with Gasteiger partial charge in [0, 0.05) is 32.6 Å². The van der Waals surface area contributed by atoms with Crippen LogP contribution in [-0.4, -0.2) is 42.9 Å². The SMILES string of the molecule is CCNC(=NCCc1ccccc1F)N1CCCC(CC(N)=O)C1. The summed E-state index contributed by atoms with van der Waals surface area (Å²) in [6, 6.07) is 6.80. The van der Waals surface area contributed by atoms with Crippen LogP contribution in [0.15, 0.2) is 29.3 Å². The fraction of sp³-hybridized carbons (Fsp3) is 0.556. The van der Waals surface area contributed by atoms with Crippen molar-refractivity contribution < 1.29 is 9.18 Å². The number of carbonyl (C=O) groups excluding carboxylic acids is 1. The van der Waals surface area contributed by atoms with E-state index in [1.54, 1.807) is 12.1 Å². The van der Waals surface area contributed by atoms with Crippen molar-refractivity contribution in [2.24, 2.45) is 16.6 Å². The van der Waals surface area contributed by atoms with Crippen molar-refractivity contribution in [1.29, 1.82) is 0 Å². The molecule has 1 aromatic rings. The van der Waals surface area contributed by atoms with E-state index in [1.165, 1.54) is 6.07 Å². The zero-order valence-corrected chi connectivity index (χ0v) is 14.3. The lowest BCUT2D eigenvalue weighted by Gasteiger charge is -2.34. The minimum absolute atomic E-state index is 0.183. The van der Waals surface area contributed by atoms with Crippen molar-refractivity contribution in [3.8, 4) is 0 Å². The molecule has 132 valence electrons. The van der Waals surface area contributed by atoms with Gasteiger partial charge in [-0.2, -0.15) is 0 Å². The Bertz CT molecular complexity index is 576. The number of benzene rings is 1. The van der Waals surface area contributed by atoms with Crippen molar-refractivity contribution in [3.05, 3.63) is 35.6 Å². The average Bonchev–Trinajstić information content (AvgIpc) is 2.55. The summed E-state index contributed by atoms with van der Waals surface area (Å²) in [7, 11) is 0. The highest BCUT2D eigenvalue weighted by Gasteiger charge is 2.23. The first kappa shape index (κ1) is 18.2. The molecule has 1 heterocycles. The number of likely N-dealkylation sites (tertiary alicyclic amines) is 1. The lowest BCUT2D eigenvalue weighted by Crippen LogP contribution is -2.47. The number of primary amides is 1. The molecular weight excluding hydrogens is 307 g/mol. The monoisotopic (exact) mass is 334 g/mol. The van der Waals surface area contributed by atoms with E-state index in [0.717, 1.165) is 38.4 Å². The number of amides is 1. The molecule has 1 aliphatic rings. The number of nitrogens with zero attached hydrogens (tertiary/aromatic N) is 2. The Hall–Kier alpha value is -2.11. The first-order valence-corrected chi connectivity index (χ1v) is 8.65. The molecule has 2 rings (SSSR count). The zero-order chi connectivity index (χ0) is 17.4. The number of hydrogen-bond donors (Lipinski definition) is 2. The Morgan fingerprint density at radius 3 is 2.96 bits per heavy atom. The second kappa shape index (κ2) is 9.25. The van der Waals surface area contributed by atoms with Gasteiger partial charge in [0.2, 0.25) is 5.91 Å². The molecule has 0 spiro atoms. The van der Waals surface area contributed by atoms with E-state index >= 15 is 0 Å². The number of rotatable bonds is 6. The van der Waals surface area contributed by atoms with Crippen LogP contribution in [0.1, 0.15) is 31.7 Å². The van der Waals surface area contributed by atoms with Crippen LogP contribution in [0.3, 0.4) is 0 Å². The van der Waals surface area contributed by atoms with Gasteiger partial charge in [-0.25, -0.2) is 4.39 Å². The van der Waals surface area contributed by atoms with Crippen LogP contribution in [0.2, 0.25) is 0 Å². The van der Waals surface area contributed by atoms with E-state index in [1.807, 2.05) is 13.0 Å². The number of guanidine groups is 1. The predicted molar refractivity (Wildman–Crippen MR) is 94.2 cm³/mol. The van der Waals surface area contributed by atoms with Crippen molar-refractivity contribution in [1.82, 2.24) is 10.2 Å². The summed E-state index contributed by atoms with van der Waals surface area (Å²) in [6.45, 7) is 5.03. The van der Waals surface area contributed by atoms with Gasteiger partial charge in [0.25, 0.3) is 0 Å². The summed E-state index contributed by atoms with van der Waals surface area (Å²) in [4.78, 5) is 18.0. The van der Waals surface area contributed by atoms with Gasteiger partial charge in [-0.15, -0.1) is 0 Å². The molecule has 0 saturated carbocycles. The molecule has 24 heavy (non-hydrogen) atoms. The van der Waals surface area contributed by atoms with Crippen LogP contribution in [-0.2, 0) is 11.2 Å². The number of nitrogens with two attached hydrogens (primary N) is 1. The lowest BCUT2D eigenvalue weighted by molar-refractivity contribution is -0.119. The second-order valence-electron chi connectivity index (χ2n) is 6.20. The van der Waals surface area contributed by atoms with Crippen molar-refractivity contribution in [3.63, 3.8) is 0 Å². The lowest BCUT2D eigenvalue weighted by atomic mass is 9.95. The maximum Gasteiger partial charge on any atom is 0.217 e. The van der Waals surface area contributed by atoms with Crippen LogP contribution < -0.4 is 11.1 Å². The number of halogens is 1. The standard InChI is InChI=1S/C18H27FN4O/c1-2-21-18(22-10-9-15-7-3-4-8-16(15)19)23-11-5-6-14(13-23)12-17(20)24/h3-4,7-8,14H,2,5-6,9-13H2,1H3,(H2,20,24)(H,21,22). The van der Waals surface area contributed by atoms with Gasteiger partial charge >= 0.3 is 0 Å². The van der Waals surface area contributed by atoms with Gasteiger partial charge in [0.1, 0.15) is 5.82 Å². The topological polar surface area (TPSA) is 70.7 Å². The average molecular weight is 334 g/mol. The smallest absolute Gasteiger partial charge is 0.217 e. The highest BCUT2D eigenvalue weighted by molar-refractivity contribution is 5.80. The number of piperidine rings is 1. The molecule has 1 saturated heterocycles. The summed E-state index contributed by atoms with van der Waals surface area (Å²) in [5, 5.41) is 3.29. The fourth-order valence-electron chi connectivity index (χ4n) is 3.12. The van der Waals surface area contributed by atoms with E-state index in [-0.39, 0.29) is 17.6 Å². The summed E-state index contributed by atoms with van der Waals surface area (Å²) in [5.74, 6) is 0.690. The van der Waals surface area contributed by atoms with Gasteiger partial charge in [0.15, 0.2) is 5.96 Å². The van der Waals surface area contributed by atoms with Crippen LogP contribution >= 0.6 is 0 Å². The maximum atomic E-state index is 13.7. The van der Waals surface area contributed by atoms with Gasteiger partial charge in [0.05, 0.1) is 0 Å². The molecular formula is C18H27FN4O. The Morgan fingerprint density at radius 2 is 2.25 bits per heavy atom. The van der Waals surface area contributed by atoms with Crippen molar-refractivity contribution in [2.45, 2.75) is 32.6 Å². The molecule has 1 fully saturated rings. The Kier molecular flexibility index (Phi) is 7.03. The molecule has 1 aromatic carbocycles. The predicted octanol–water partition coefficient (Wildman–Crippen LogP) is 1.92. The molecule has 1 atom stereocenters. The molecule has 6 heteroatoms. The summed E-state index contributed by atoms with van der Waals surface area (Å²) >= 11 is 0. The Labute approximate surface area is 143 Å². The highest BCUT2D eigenvalue weighted by Crippen LogP contribution is 2.19. The number of aliphatic imine (C=N–C) groups is 1. The van der Waals surface area contributed by atoms with Crippen molar-refractivity contribution in [2.75, 3.05) is 26.2 Å². The van der Waals surface area contributed by atoms with Crippen LogP contribution in [0, 0.1) is 11.7 Å². The van der Waals surface area contributed by atoms with E-state index in [9.17, 15) is 9.18 Å². The maximum absolute atomic E-state index is 13.7. The molecule has 0 radical (unpaired) electrons. The summed E-state index contributed by atoms with van der Waals surface area (Å²) < 4.78 is 13.7. The molecule has 1 amide bonds. The molecule has 1 unspecified atom stereocenters.